The second kappa shape index (κ2) is 3.53. The van der Waals surface area contributed by atoms with E-state index in [1.807, 2.05) is 0 Å². The highest BCUT2D eigenvalue weighted by Gasteiger charge is 2.14. The summed E-state index contributed by atoms with van der Waals surface area (Å²) in [6, 6.07) is 0. The Morgan fingerprint density at radius 3 is 2.27 bits per heavy atom. The van der Waals surface area contributed by atoms with Gasteiger partial charge in [0.2, 0.25) is 0 Å². The molecule has 0 aromatic carbocycles. The van der Waals surface area contributed by atoms with Crippen LogP contribution >= 0.6 is 0 Å². The molecule has 0 amide bonds. The van der Waals surface area contributed by atoms with Crippen molar-refractivity contribution in [2.75, 3.05) is 0 Å². The molecule has 0 spiro atoms. The van der Waals surface area contributed by atoms with Gasteiger partial charge >= 0.3 is 5.97 Å². The fraction of sp³-hybridized carbons (Fsp3) is 0.625. The van der Waals surface area contributed by atoms with E-state index >= 15 is 0 Å². The van der Waals surface area contributed by atoms with Gasteiger partial charge in [0.15, 0.2) is 0 Å². The van der Waals surface area contributed by atoms with Crippen LogP contribution in [0.2, 0.25) is 0 Å². The Labute approximate surface area is 66.4 Å². The summed E-state index contributed by atoms with van der Waals surface area (Å²) in [5.41, 5.74) is -0.662. The molecule has 0 aromatic rings. The molecule has 0 aliphatic rings. The van der Waals surface area contributed by atoms with Gasteiger partial charge in [-0.05, 0) is 26.7 Å². The van der Waals surface area contributed by atoms with Crippen LogP contribution in [0.1, 0.15) is 26.7 Å². The molecule has 11 heavy (non-hydrogen) atoms. The molecular weight excluding hydrogens is 144 g/mol. The first-order valence-electron chi connectivity index (χ1n) is 3.46. The van der Waals surface area contributed by atoms with Crippen LogP contribution in [0.5, 0.6) is 0 Å². The summed E-state index contributed by atoms with van der Waals surface area (Å²) in [5.74, 6) is -0.991. The fourth-order valence-corrected chi connectivity index (χ4v) is 0.564. The Morgan fingerprint density at radius 1 is 1.55 bits per heavy atom. The van der Waals surface area contributed by atoms with E-state index in [0.717, 1.165) is 0 Å². The quantitative estimate of drug-likeness (QED) is 0.604. The minimum absolute atomic E-state index is 0.145. The summed E-state index contributed by atoms with van der Waals surface area (Å²) in [5, 5.41) is 17.6. The summed E-state index contributed by atoms with van der Waals surface area (Å²) >= 11 is 0. The lowest BCUT2D eigenvalue weighted by Gasteiger charge is -2.16. The number of rotatable bonds is 4. The number of carboxylic acid groups (broad SMARTS) is 1. The van der Waals surface area contributed by atoms with E-state index in [0.29, 0.717) is 12.8 Å². The molecule has 0 aliphatic carbocycles. The number of hydrogen-bond acceptors (Lipinski definition) is 2. The maximum Gasteiger partial charge on any atom is 0.330 e. The monoisotopic (exact) mass is 158 g/mol. The van der Waals surface area contributed by atoms with Crippen molar-refractivity contribution in [3.05, 3.63) is 12.2 Å². The maximum atomic E-state index is 10.2. The van der Waals surface area contributed by atoms with Crippen molar-refractivity contribution in [3.8, 4) is 0 Å². The van der Waals surface area contributed by atoms with Gasteiger partial charge < -0.3 is 10.2 Å². The third-order valence-electron chi connectivity index (χ3n) is 1.34. The topological polar surface area (TPSA) is 57.5 Å². The van der Waals surface area contributed by atoms with Gasteiger partial charge in [-0.25, -0.2) is 4.79 Å². The van der Waals surface area contributed by atoms with Crippen LogP contribution in [-0.2, 0) is 4.79 Å². The van der Waals surface area contributed by atoms with Crippen LogP contribution in [0.3, 0.4) is 0 Å². The Hall–Kier alpha value is -0.830. The third-order valence-corrected chi connectivity index (χ3v) is 1.34. The zero-order valence-corrected chi connectivity index (χ0v) is 6.92. The maximum absolute atomic E-state index is 10.2. The zero-order valence-electron chi connectivity index (χ0n) is 6.92. The number of aliphatic carboxylic acids is 1. The number of aliphatic hydroxyl groups is 1. The van der Waals surface area contributed by atoms with E-state index in [1.54, 1.807) is 13.8 Å². The van der Waals surface area contributed by atoms with Gasteiger partial charge in [0.05, 0.1) is 5.60 Å². The molecule has 2 N–H and O–H groups in total. The van der Waals surface area contributed by atoms with Gasteiger partial charge in [-0.2, -0.15) is 0 Å². The molecule has 0 atom stereocenters. The molecule has 3 nitrogen and oxygen atoms in total. The Kier molecular flexibility index (Phi) is 3.26. The normalized spacial score (nSPS) is 11.2. The summed E-state index contributed by atoms with van der Waals surface area (Å²) in [6.45, 7) is 6.63. The van der Waals surface area contributed by atoms with E-state index in [1.165, 1.54) is 0 Å². The van der Waals surface area contributed by atoms with Gasteiger partial charge in [0.1, 0.15) is 0 Å². The van der Waals surface area contributed by atoms with Crippen molar-refractivity contribution in [2.24, 2.45) is 0 Å². The minimum atomic E-state index is -0.991. The molecule has 0 saturated heterocycles. The average Bonchev–Trinajstić information content (AvgIpc) is 1.80. The van der Waals surface area contributed by atoms with Crippen LogP contribution < -0.4 is 0 Å². The Bertz CT molecular complexity index is 165. The van der Waals surface area contributed by atoms with Crippen LogP contribution in [0.25, 0.3) is 0 Å². The van der Waals surface area contributed by atoms with Crippen molar-refractivity contribution < 1.29 is 15.0 Å². The van der Waals surface area contributed by atoms with Crippen molar-refractivity contribution in [1.29, 1.82) is 0 Å². The van der Waals surface area contributed by atoms with Crippen LogP contribution in [0.4, 0.5) is 0 Å². The second-order valence-electron chi connectivity index (χ2n) is 3.22. The first-order valence-corrected chi connectivity index (χ1v) is 3.46. The standard InChI is InChI=1S/C8H14O3/c1-6(7(9)10)4-5-8(2,3)11/h11H,1,4-5H2,2-3H3,(H,9,10). The van der Waals surface area contributed by atoms with E-state index in [-0.39, 0.29) is 5.57 Å². The van der Waals surface area contributed by atoms with Crippen molar-refractivity contribution in [2.45, 2.75) is 32.3 Å². The van der Waals surface area contributed by atoms with Crippen molar-refractivity contribution in [3.63, 3.8) is 0 Å². The lowest BCUT2D eigenvalue weighted by Crippen LogP contribution is -2.19. The van der Waals surface area contributed by atoms with Gasteiger partial charge in [0, 0.05) is 5.57 Å². The van der Waals surface area contributed by atoms with Crippen molar-refractivity contribution >= 4 is 5.97 Å². The predicted molar refractivity (Wildman–Crippen MR) is 42.3 cm³/mol. The highest BCUT2D eigenvalue weighted by atomic mass is 16.4. The first kappa shape index (κ1) is 10.2. The molecule has 0 radical (unpaired) electrons. The third kappa shape index (κ3) is 5.61. The summed E-state index contributed by atoms with van der Waals surface area (Å²) in [4.78, 5) is 10.2. The van der Waals surface area contributed by atoms with E-state index in [4.69, 9.17) is 5.11 Å². The van der Waals surface area contributed by atoms with E-state index in [9.17, 15) is 9.90 Å². The number of carboxylic acids is 1. The molecule has 0 fully saturated rings. The van der Waals surface area contributed by atoms with E-state index < -0.39 is 11.6 Å². The predicted octanol–water partition coefficient (Wildman–Crippen LogP) is 1.18. The minimum Gasteiger partial charge on any atom is -0.478 e. The molecule has 64 valence electrons. The van der Waals surface area contributed by atoms with Gasteiger partial charge in [-0.1, -0.05) is 6.58 Å². The molecule has 0 aromatic heterocycles. The lowest BCUT2D eigenvalue weighted by molar-refractivity contribution is -0.132. The summed E-state index contributed by atoms with van der Waals surface area (Å²) < 4.78 is 0. The number of carbonyl (C=O) groups is 1. The largest absolute Gasteiger partial charge is 0.478 e. The molecule has 0 heterocycles. The van der Waals surface area contributed by atoms with Crippen LogP contribution in [0.15, 0.2) is 12.2 Å². The molecule has 0 saturated carbocycles. The zero-order chi connectivity index (χ0) is 9.07. The fourth-order valence-electron chi connectivity index (χ4n) is 0.564. The van der Waals surface area contributed by atoms with Gasteiger partial charge in [-0.15, -0.1) is 0 Å². The molecule has 0 unspecified atom stereocenters. The van der Waals surface area contributed by atoms with E-state index in [2.05, 4.69) is 6.58 Å². The SMILES string of the molecule is C=C(CCC(C)(C)O)C(=O)O. The van der Waals surface area contributed by atoms with Gasteiger partial charge in [0.25, 0.3) is 0 Å². The Balaban J connectivity index is 3.73. The summed E-state index contributed by atoms with van der Waals surface area (Å²) in [6.07, 6.45) is 0.761. The van der Waals surface area contributed by atoms with Gasteiger partial charge in [-0.3, -0.25) is 0 Å². The second-order valence-corrected chi connectivity index (χ2v) is 3.22. The molecule has 0 rings (SSSR count). The number of hydrogen-bond donors (Lipinski definition) is 2. The molecule has 0 aliphatic heterocycles. The molecule has 0 bridgehead atoms. The highest BCUT2D eigenvalue weighted by Crippen LogP contribution is 2.13. The average molecular weight is 158 g/mol. The molecule has 3 heteroatoms. The van der Waals surface area contributed by atoms with Crippen LogP contribution in [0, 0.1) is 0 Å². The Morgan fingerprint density at radius 2 is 2.00 bits per heavy atom. The summed E-state index contributed by atoms with van der Waals surface area (Å²) in [7, 11) is 0. The van der Waals surface area contributed by atoms with Crippen LogP contribution in [-0.4, -0.2) is 21.8 Å². The van der Waals surface area contributed by atoms with Crippen molar-refractivity contribution in [1.82, 2.24) is 0 Å². The highest BCUT2D eigenvalue weighted by molar-refractivity contribution is 5.85. The first-order chi connectivity index (χ1) is 4.83. The molecular formula is C8H14O3. The lowest BCUT2D eigenvalue weighted by atomic mass is 10.00. The smallest absolute Gasteiger partial charge is 0.330 e.